The summed E-state index contributed by atoms with van der Waals surface area (Å²) in [5.74, 6) is 0.770. The Labute approximate surface area is 243 Å². The van der Waals surface area contributed by atoms with Crippen LogP contribution in [-0.4, -0.2) is 30.8 Å². The van der Waals surface area contributed by atoms with Gasteiger partial charge in [-0.05, 0) is 56.4 Å². The molecule has 1 unspecified atom stereocenters. The minimum atomic E-state index is -0.0149. The number of hydrogen-bond donors (Lipinski definition) is 2. The van der Waals surface area contributed by atoms with Gasteiger partial charge >= 0.3 is 5.97 Å². The van der Waals surface area contributed by atoms with Gasteiger partial charge < -0.3 is 9.47 Å². The van der Waals surface area contributed by atoms with Crippen LogP contribution in [0.25, 0.3) is 0 Å². The van der Waals surface area contributed by atoms with Gasteiger partial charge in [0.1, 0.15) is 5.71 Å². The molecule has 0 heterocycles. The van der Waals surface area contributed by atoms with Gasteiger partial charge in [-0.15, -0.1) is 0 Å². The van der Waals surface area contributed by atoms with E-state index in [4.69, 9.17) is 14.9 Å². The monoisotopic (exact) mass is 556 g/mol. The van der Waals surface area contributed by atoms with Crippen LogP contribution in [0.5, 0.6) is 0 Å². The fraction of sp³-hybridized carbons (Fsp3) is 0.844. The number of carbonyl (C=O) groups excluding carboxylic acids is 1. The highest BCUT2D eigenvalue weighted by Crippen LogP contribution is 2.12. The lowest BCUT2D eigenvalue weighted by Gasteiger charge is -2.11. The molecule has 5 nitrogen and oxygen atoms in total. The molecule has 0 fully saturated rings. The van der Waals surface area contributed by atoms with Crippen LogP contribution in [0.1, 0.15) is 158 Å². The molecule has 226 valence electrons. The van der Waals surface area contributed by atoms with Gasteiger partial charge in [0.15, 0.2) is 0 Å². The van der Waals surface area contributed by atoms with E-state index in [2.05, 4.69) is 64.8 Å². The van der Waals surface area contributed by atoms with E-state index in [1.54, 1.807) is 0 Å². The van der Waals surface area contributed by atoms with Crippen molar-refractivity contribution >= 4 is 30.4 Å². The number of unbranched alkanes of at least 4 members (excludes halogenated alkanes) is 9. The van der Waals surface area contributed by atoms with E-state index in [0.29, 0.717) is 31.3 Å². The number of esters is 1. The lowest BCUT2D eigenvalue weighted by Crippen LogP contribution is -2.19. The number of ether oxygens (including phenoxy) is 2. The van der Waals surface area contributed by atoms with Crippen molar-refractivity contribution in [3.8, 4) is 0 Å². The maximum Gasteiger partial charge on any atom is 0.305 e. The molecule has 0 aromatic carbocycles. The lowest BCUT2D eigenvalue weighted by atomic mass is 10.0. The summed E-state index contributed by atoms with van der Waals surface area (Å²) < 4.78 is 14.6. The standard InChI is InChI=1S/C15H28N2OS.C15H30O2.C2H6/c1-4-7-9-10-12-18-15(16)14(17-19)13(6-3)11-8-5-2;1-4-6-7-8-9-10-13-17-15(16)12-11-14(3)5-2;1-2/h11,16,19H,4-10,12H2,1-3H3;14H,4-13H2,1-3H3;1-2H3/b13-11+,16-15?,17-14-;;. The van der Waals surface area contributed by atoms with Crippen LogP contribution in [-0.2, 0) is 14.3 Å². The Morgan fingerprint density at radius 2 is 1.37 bits per heavy atom. The van der Waals surface area contributed by atoms with E-state index >= 15 is 0 Å². The first-order chi connectivity index (χ1) is 18.4. The number of carbonyl (C=O) groups is 1. The first kappa shape index (κ1) is 41.2. The summed E-state index contributed by atoms with van der Waals surface area (Å²) in [5, 5.41) is 7.95. The van der Waals surface area contributed by atoms with E-state index in [9.17, 15) is 4.79 Å². The number of thiol groups is 1. The summed E-state index contributed by atoms with van der Waals surface area (Å²) >= 11 is 3.98. The van der Waals surface area contributed by atoms with Crippen molar-refractivity contribution in [2.45, 2.75) is 158 Å². The second-order valence-electron chi connectivity index (χ2n) is 9.60. The van der Waals surface area contributed by atoms with Gasteiger partial charge in [-0.2, -0.15) is 0 Å². The van der Waals surface area contributed by atoms with Crippen LogP contribution in [0.3, 0.4) is 0 Å². The summed E-state index contributed by atoms with van der Waals surface area (Å²) in [4.78, 5) is 11.4. The van der Waals surface area contributed by atoms with Crippen molar-refractivity contribution in [3.05, 3.63) is 11.6 Å². The molecule has 0 radical (unpaired) electrons. The predicted molar refractivity (Wildman–Crippen MR) is 172 cm³/mol. The zero-order valence-corrected chi connectivity index (χ0v) is 27.4. The Morgan fingerprint density at radius 3 is 1.87 bits per heavy atom. The van der Waals surface area contributed by atoms with E-state index in [1.807, 2.05) is 13.8 Å². The minimum absolute atomic E-state index is 0.0149. The second kappa shape index (κ2) is 33.7. The molecule has 38 heavy (non-hydrogen) atoms. The van der Waals surface area contributed by atoms with E-state index in [-0.39, 0.29) is 11.9 Å². The van der Waals surface area contributed by atoms with Crippen LogP contribution in [0.15, 0.2) is 16.0 Å². The summed E-state index contributed by atoms with van der Waals surface area (Å²) in [6, 6.07) is 0. The van der Waals surface area contributed by atoms with E-state index in [1.165, 1.54) is 44.9 Å². The van der Waals surface area contributed by atoms with Gasteiger partial charge in [0.05, 0.1) is 13.2 Å². The quantitative estimate of drug-likeness (QED) is 0.0485. The van der Waals surface area contributed by atoms with Crippen molar-refractivity contribution < 1.29 is 14.3 Å². The molecular formula is C32H64N2O3S. The molecular weight excluding hydrogens is 492 g/mol. The third-order valence-corrected chi connectivity index (χ3v) is 6.42. The van der Waals surface area contributed by atoms with E-state index < -0.39 is 0 Å². The topological polar surface area (TPSA) is 71.7 Å². The maximum absolute atomic E-state index is 11.4. The van der Waals surface area contributed by atoms with Gasteiger partial charge in [-0.25, -0.2) is 4.40 Å². The molecule has 0 saturated carbocycles. The molecule has 6 heteroatoms. The predicted octanol–water partition coefficient (Wildman–Crippen LogP) is 10.7. The zero-order valence-electron chi connectivity index (χ0n) is 26.5. The molecule has 0 aliphatic rings. The summed E-state index contributed by atoms with van der Waals surface area (Å²) in [6.45, 7) is 18.2. The SMILES string of the molecule is CC.CCC/C=C(CC)/C(=N/S)C(=N)OCCCCCC.CCCCCCCCOC(=O)CCC(C)CC. The number of allylic oxidation sites excluding steroid dienone is 1. The van der Waals surface area contributed by atoms with Crippen molar-refractivity contribution in [1.82, 2.24) is 0 Å². The van der Waals surface area contributed by atoms with Crippen LogP contribution in [0, 0.1) is 11.3 Å². The summed E-state index contributed by atoms with van der Waals surface area (Å²) in [5.41, 5.74) is 1.63. The van der Waals surface area contributed by atoms with Gasteiger partial charge in [0, 0.05) is 6.42 Å². The maximum atomic E-state index is 11.4. The third-order valence-electron chi connectivity index (χ3n) is 6.22. The van der Waals surface area contributed by atoms with Crippen LogP contribution < -0.4 is 0 Å². The molecule has 0 rings (SSSR count). The molecule has 0 aliphatic carbocycles. The van der Waals surface area contributed by atoms with Gasteiger partial charge in [0.2, 0.25) is 5.90 Å². The van der Waals surface area contributed by atoms with Crippen LogP contribution >= 0.6 is 12.8 Å². The smallest absolute Gasteiger partial charge is 0.305 e. The average Bonchev–Trinajstić information content (AvgIpc) is 2.94. The molecule has 0 amide bonds. The third kappa shape index (κ3) is 27.7. The highest BCUT2D eigenvalue weighted by atomic mass is 32.1. The zero-order chi connectivity index (χ0) is 29.4. The number of nitrogens with zero attached hydrogens (tertiary/aromatic N) is 1. The van der Waals surface area contributed by atoms with Crippen molar-refractivity contribution in [2.75, 3.05) is 13.2 Å². The molecule has 1 atom stereocenters. The molecule has 0 saturated heterocycles. The fourth-order valence-corrected chi connectivity index (χ4v) is 3.68. The number of nitrogens with one attached hydrogen (secondary N) is 1. The molecule has 0 bridgehead atoms. The van der Waals surface area contributed by atoms with Gasteiger partial charge in [-0.3, -0.25) is 10.2 Å². The molecule has 0 aliphatic heterocycles. The summed E-state index contributed by atoms with van der Waals surface area (Å²) in [6.07, 6.45) is 19.8. The summed E-state index contributed by atoms with van der Waals surface area (Å²) in [7, 11) is 0. The molecule has 0 spiro atoms. The van der Waals surface area contributed by atoms with Gasteiger partial charge in [0.25, 0.3) is 0 Å². The Kier molecular flexibility index (Phi) is 36.6. The second-order valence-corrected chi connectivity index (χ2v) is 9.80. The van der Waals surface area contributed by atoms with Crippen molar-refractivity contribution in [2.24, 2.45) is 10.3 Å². The molecule has 1 N–H and O–H groups in total. The minimum Gasteiger partial charge on any atom is -0.477 e. The highest BCUT2D eigenvalue weighted by molar-refractivity contribution is 7.79. The number of hydrogen-bond acceptors (Lipinski definition) is 6. The van der Waals surface area contributed by atoms with Crippen molar-refractivity contribution in [3.63, 3.8) is 0 Å². The van der Waals surface area contributed by atoms with Gasteiger partial charge in [-0.1, -0.05) is 126 Å². The Hall–Kier alpha value is -1.30. The Morgan fingerprint density at radius 1 is 0.842 bits per heavy atom. The normalized spacial score (nSPS) is 12.0. The Balaban J connectivity index is -0.000000608. The first-order valence-electron chi connectivity index (χ1n) is 15.7. The average molecular weight is 557 g/mol. The molecule has 0 aromatic heterocycles. The van der Waals surface area contributed by atoms with Crippen molar-refractivity contribution in [1.29, 1.82) is 5.41 Å². The van der Waals surface area contributed by atoms with Crippen LogP contribution in [0.4, 0.5) is 0 Å². The molecule has 0 aromatic rings. The lowest BCUT2D eigenvalue weighted by molar-refractivity contribution is -0.144. The Bertz CT molecular complexity index is 591. The largest absolute Gasteiger partial charge is 0.477 e. The fourth-order valence-electron chi connectivity index (χ4n) is 3.46. The van der Waals surface area contributed by atoms with Crippen LogP contribution in [0.2, 0.25) is 0 Å². The first-order valence-corrected chi connectivity index (χ1v) is 16.1. The number of rotatable bonds is 21. The highest BCUT2D eigenvalue weighted by Gasteiger charge is 2.12. The van der Waals surface area contributed by atoms with E-state index in [0.717, 1.165) is 56.9 Å².